The molecule has 0 spiro atoms. The Hall–Kier alpha value is -3.27. The van der Waals surface area contributed by atoms with E-state index in [-0.39, 0.29) is 22.4 Å². The molecule has 1 saturated heterocycles. The Morgan fingerprint density at radius 2 is 1.81 bits per heavy atom. The predicted molar refractivity (Wildman–Crippen MR) is 188 cm³/mol. The highest BCUT2D eigenvalue weighted by molar-refractivity contribution is 8.01. The Morgan fingerprint density at radius 3 is 2.53 bits per heavy atom. The molecule has 4 aromatic rings. The van der Waals surface area contributed by atoms with Gasteiger partial charge in [0.2, 0.25) is 15.9 Å². The third-order valence-electron chi connectivity index (χ3n) is 7.95. The van der Waals surface area contributed by atoms with E-state index in [1.807, 2.05) is 57.4 Å². The molecule has 14 heteroatoms. The molecule has 248 valence electrons. The molecule has 3 N–H and O–H groups in total. The fourth-order valence-electron chi connectivity index (χ4n) is 5.36. The number of sulfonamides is 1. The zero-order valence-electron chi connectivity index (χ0n) is 26.4. The SMILES string of the molecule is CSc1nccc(-c2ccc(S(=O)(=O)N[C@@H](Cc3ccccc3)[C@H](O)C(=O)N3CSC(C)(C)[C@H]3C(=O)NCc3ccccc3C)s2)n1. The van der Waals surface area contributed by atoms with Crippen LogP contribution in [0.2, 0.25) is 0 Å². The molecule has 0 aliphatic carbocycles. The second-order valence-electron chi connectivity index (χ2n) is 11.6. The number of carbonyl (C=O) groups excluding carboxylic acids is 2. The second-order valence-corrected chi connectivity index (χ2v) is 17.0. The average Bonchev–Trinajstić information content (AvgIpc) is 3.69. The third-order valence-corrected chi connectivity index (χ3v) is 13.0. The van der Waals surface area contributed by atoms with Gasteiger partial charge in [0.15, 0.2) is 5.16 Å². The van der Waals surface area contributed by atoms with Crippen LogP contribution in [0, 0.1) is 6.92 Å². The van der Waals surface area contributed by atoms with Crippen LogP contribution in [0.5, 0.6) is 0 Å². The summed E-state index contributed by atoms with van der Waals surface area (Å²) in [5.41, 5.74) is 3.31. The van der Waals surface area contributed by atoms with E-state index in [2.05, 4.69) is 20.0 Å². The van der Waals surface area contributed by atoms with Crippen molar-refractivity contribution in [2.75, 3.05) is 12.1 Å². The molecule has 1 fully saturated rings. The number of amides is 2. The Labute approximate surface area is 287 Å². The summed E-state index contributed by atoms with van der Waals surface area (Å²) in [6, 6.07) is 19.5. The number of hydrogen-bond donors (Lipinski definition) is 3. The predicted octanol–water partition coefficient (Wildman–Crippen LogP) is 4.48. The van der Waals surface area contributed by atoms with Crippen molar-refractivity contribution in [1.82, 2.24) is 24.9 Å². The Bertz CT molecular complexity index is 1830. The van der Waals surface area contributed by atoms with Crippen molar-refractivity contribution in [1.29, 1.82) is 0 Å². The molecule has 1 aliphatic heterocycles. The summed E-state index contributed by atoms with van der Waals surface area (Å²) in [6.45, 7) is 6.02. The molecule has 2 amide bonds. The van der Waals surface area contributed by atoms with Gasteiger partial charge in [-0.2, -0.15) is 0 Å². The van der Waals surface area contributed by atoms with Crippen LogP contribution >= 0.6 is 34.9 Å². The number of nitrogens with zero attached hydrogens (tertiary/aromatic N) is 3. The molecule has 0 unspecified atom stereocenters. The lowest BCUT2D eigenvalue weighted by atomic mass is 9.97. The second kappa shape index (κ2) is 14.9. The van der Waals surface area contributed by atoms with Crippen LogP contribution in [0.15, 0.2) is 88.4 Å². The number of aliphatic hydroxyl groups is 1. The van der Waals surface area contributed by atoms with Crippen molar-refractivity contribution >= 4 is 56.7 Å². The molecule has 2 aromatic heterocycles. The van der Waals surface area contributed by atoms with Crippen molar-refractivity contribution in [2.45, 2.75) is 66.0 Å². The monoisotopic (exact) mass is 711 g/mol. The van der Waals surface area contributed by atoms with E-state index in [4.69, 9.17) is 0 Å². The summed E-state index contributed by atoms with van der Waals surface area (Å²) in [4.78, 5) is 38.2. The maximum atomic E-state index is 14.0. The Morgan fingerprint density at radius 1 is 1.09 bits per heavy atom. The van der Waals surface area contributed by atoms with E-state index in [0.29, 0.717) is 22.3 Å². The van der Waals surface area contributed by atoms with Crippen LogP contribution in [0.1, 0.15) is 30.5 Å². The first-order valence-electron chi connectivity index (χ1n) is 14.9. The number of thiophene rings is 1. The van der Waals surface area contributed by atoms with Crippen LogP contribution in [0.3, 0.4) is 0 Å². The van der Waals surface area contributed by atoms with E-state index >= 15 is 0 Å². The van der Waals surface area contributed by atoms with Gasteiger partial charge in [-0.05, 0) is 68.3 Å². The van der Waals surface area contributed by atoms with Crippen LogP contribution in [0.4, 0.5) is 0 Å². The normalized spacial score (nSPS) is 17.3. The van der Waals surface area contributed by atoms with Crippen molar-refractivity contribution < 1.29 is 23.1 Å². The lowest BCUT2D eigenvalue weighted by Crippen LogP contribution is -2.58. The summed E-state index contributed by atoms with van der Waals surface area (Å²) < 4.78 is 29.4. The fraction of sp³-hybridized carbons (Fsp3) is 0.333. The van der Waals surface area contributed by atoms with Gasteiger partial charge < -0.3 is 15.3 Å². The minimum absolute atomic E-state index is 0.0147. The maximum Gasteiger partial charge on any atom is 0.254 e. The topological polar surface area (TPSA) is 142 Å². The molecule has 2 aromatic carbocycles. The number of carbonyl (C=O) groups is 2. The highest BCUT2D eigenvalue weighted by atomic mass is 32.2. The number of nitrogens with one attached hydrogen (secondary N) is 2. The first kappa shape index (κ1) is 35.0. The van der Waals surface area contributed by atoms with Crippen LogP contribution in [0.25, 0.3) is 10.6 Å². The molecule has 10 nitrogen and oxygen atoms in total. The number of hydrogen-bond acceptors (Lipinski definition) is 10. The molecule has 1 aliphatic rings. The largest absolute Gasteiger partial charge is 0.382 e. The minimum atomic E-state index is -4.18. The number of benzene rings is 2. The van der Waals surface area contributed by atoms with Gasteiger partial charge in [0.25, 0.3) is 5.91 Å². The standard InChI is InChI=1S/C33H37N5O5S4/c1-21-10-8-9-13-23(21)19-35-30(40)29-33(2,3)45-20-38(29)31(41)28(39)25(18-22-11-6-5-7-12-22)37-47(42,43)27-15-14-26(46-27)24-16-17-34-32(36-24)44-4/h5-17,25,28-29,37,39H,18-20H2,1-4H3,(H,35,40)/t25-,28-,29+/m0/s1. The van der Waals surface area contributed by atoms with Crippen LogP contribution in [-0.4, -0.2) is 75.3 Å². The molecule has 3 atom stereocenters. The van der Waals surface area contributed by atoms with E-state index in [9.17, 15) is 23.1 Å². The quantitative estimate of drug-likeness (QED) is 0.143. The molecule has 0 saturated carbocycles. The summed E-state index contributed by atoms with van der Waals surface area (Å²) in [6.07, 6.45) is 1.75. The Balaban J connectivity index is 1.38. The molecule has 47 heavy (non-hydrogen) atoms. The molecule has 0 bridgehead atoms. The Kier molecular flexibility index (Phi) is 11.1. The minimum Gasteiger partial charge on any atom is -0.382 e. The van der Waals surface area contributed by atoms with E-state index < -0.39 is 38.9 Å². The lowest BCUT2D eigenvalue weighted by Gasteiger charge is -2.33. The number of aryl methyl sites for hydroxylation is 1. The van der Waals surface area contributed by atoms with Gasteiger partial charge in [-0.3, -0.25) is 9.59 Å². The summed E-state index contributed by atoms with van der Waals surface area (Å²) in [5.74, 6) is -0.897. The molecule has 3 heterocycles. The van der Waals surface area contributed by atoms with Crippen LogP contribution in [-0.2, 0) is 32.6 Å². The van der Waals surface area contributed by atoms with Crippen molar-refractivity contribution in [3.8, 4) is 10.6 Å². The fourth-order valence-corrected chi connectivity index (χ4v) is 9.39. The highest BCUT2D eigenvalue weighted by Gasteiger charge is 2.50. The number of rotatable bonds is 12. The van der Waals surface area contributed by atoms with Crippen molar-refractivity contribution in [2.24, 2.45) is 0 Å². The smallest absolute Gasteiger partial charge is 0.254 e. The van der Waals surface area contributed by atoms with Gasteiger partial charge in [-0.15, -0.1) is 23.1 Å². The number of aliphatic hydroxyl groups excluding tert-OH is 1. The van der Waals surface area contributed by atoms with Gasteiger partial charge in [0.05, 0.1) is 22.5 Å². The lowest BCUT2D eigenvalue weighted by molar-refractivity contribution is -0.147. The molecular weight excluding hydrogens is 675 g/mol. The third kappa shape index (κ3) is 8.24. The van der Waals surface area contributed by atoms with Crippen molar-refractivity contribution in [3.05, 3.63) is 95.7 Å². The average molecular weight is 712 g/mol. The van der Waals surface area contributed by atoms with E-state index in [1.54, 1.807) is 42.6 Å². The van der Waals surface area contributed by atoms with Gasteiger partial charge >= 0.3 is 0 Å². The number of aromatic nitrogens is 2. The highest BCUT2D eigenvalue weighted by Crippen LogP contribution is 2.40. The first-order valence-corrected chi connectivity index (χ1v) is 19.4. The molecule has 5 rings (SSSR count). The van der Waals surface area contributed by atoms with E-state index in [0.717, 1.165) is 28.0 Å². The first-order chi connectivity index (χ1) is 22.4. The van der Waals surface area contributed by atoms with Gasteiger partial charge in [0, 0.05) is 17.5 Å². The van der Waals surface area contributed by atoms with E-state index in [1.165, 1.54) is 34.5 Å². The molecule has 0 radical (unpaired) electrons. The summed E-state index contributed by atoms with van der Waals surface area (Å²) in [7, 11) is -4.18. The number of thioether (sulfide) groups is 2. The van der Waals surface area contributed by atoms with Crippen molar-refractivity contribution in [3.63, 3.8) is 0 Å². The summed E-state index contributed by atoms with van der Waals surface area (Å²) in [5, 5.41) is 15.1. The maximum absolute atomic E-state index is 14.0. The molecular formula is C33H37N5O5S4. The zero-order valence-corrected chi connectivity index (χ0v) is 29.7. The summed E-state index contributed by atoms with van der Waals surface area (Å²) >= 11 is 3.84. The van der Waals surface area contributed by atoms with Gasteiger partial charge in [0.1, 0.15) is 16.4 Å². The van der Waals surface area contributed by atoms with Gasteiger partial charge in [-0.25, -0.2) is 23.1 Å². The zero-order chi connectivity index (χ0) is 33.8. The van der Waals surface area contributed by atoms with Gasteiger partial charge in [-0.1, -0.05) is 66.4 Å². The van der Waals surface area contributed by atoms with Crippen LogP contribution < -0.4 is 10.0 Å².